The highest BCUT2D eigenvalue weighted by atomic mass is 35.5. The number of aromatic amines is 1. The van der Waals surface area contributed by atoms with Crippen LogP contribution in [0.5, 0.6) is 0 Å². The summed E-state index contributed by atoms with van der Waals surface area (Å²) >= 11 is 6.04. The molecule has 0 aliphatic heterocycles. The van der Waals surface area contributed by atoms with Crippen LogP contribution >= 0.6 is 11.6 Å². The molecule has 0 unspecified atom stereocenters. The number of hydrogen-bond acceptors (Lipinski definition) is 3. The lowest BCUT2D eigenvalue weighted by molar-refractivity contribution is 0.895. The molecule has 0 fully saturated rings. The standard InChI is InChI=1S/C10H11ClN4/c11-10-9(7-2-5-13-6-3-7)14-8(15-10)1-4-12/h2-3,5-6H,1,4,12H2,(H,14,15). The van der Waals surface area contributed by atoms with Crippen LogP contribution in [0.2, 0.25) is 5.15 Å². The van der Waals surface area contributed by atoms with Crippen LogP contribution in [-0.4, -0.2) is 21.5 Å². The molecule has 0 atom stereocenters. The van der Waals surface area contributed by atoms with Gasteiger partial charge in [0, 0.05) is 24.4 Å². The molecule has 78 valence electrons. The second kappa shape index (κ2) is 4.42. The van der Waals surface area contributed by atoms with Crippen molar-refractivity contribution in [2.24, 2.45) is 5.73 Å². The molecule has 0 aliphatic carbocycles. The van der Waals surface area contributed by atoms with E-state index in [9.17, 15) is 0 Å². The van der Waals surface area contributed by atoms with Crippen molar-refractivity contribution < 1.29 is 0 Å². The molecule has 0 saturated carbocycles. The molecule has 0 amide bonds. The van der Waals surface area contributed by atoms with E-state index in [1.807, 2.05) is 12.1 Å². The largest absolute Gasteiger partial charge is 0.332 e. The van der Waals surface area contributed by atoms with E-state index in [1.165, 1.54) is 0 Å². The Bertz CT molecular complexity index is 438. The SMILES string of the molecule is NCCc1nc(-c2ccncc2)c(Cl)[nH]1. The molecule has 0 bridgehead atoms. The number of nitrogens with zero attached hydrogens (tertiary/aromatic N) is 2. The molecule has 5 heteroatoms. The summed E-state index contributed by atoms with van der Waals surface area (Å²) in [4.78, 5) is 11.3. The van der Waals surface area contributed by atoms with Gasteiger partial charge in [-0.15, -0.1) is 0 Å². The third kappa shape index (κ3) is 2.16. The van der Waals surface area contributed by atoms with E-state index >= 15 is 0 Å². The summed E-state index contributed by atoms with van der Waals surface area (Å²) < 4.78 is 0. The minimum Gasteiger partial charge on any atom is -0.332 e. The van der Waals surface area contributed by atoms with Crippen LogP contribution in [0.4, 0.5) is 0 Å². The highest BCUT2D eigenvalue weighted by Crippen LogP contribution is 2.24. The Morgan fingerprint density at radius 3 is 2.73 bits per heavy atom. The zero-order chi connectivity index (χ0) is 10.7. The third-order valence-electron chi connectivity index (χ3n) is 2.04. The molecule has 2 heterocycles. The summed E-state index contributed by atoms with van der Waals surface area (Å²) in [6.07, 6.45) is 4.12. The predicted octanol–water partition coefficient (Wildman–Crippen LogP) is 1.63. The van der Waals surface area contributed by atoms with E-state index in [4.69, 9.17) is 17.3 Å². The molecular formula is C10H11ClN4. The summed E-state index contributed by atoms with van der Waals surface area (Å²) in [5.41, 5.74) is 7.15. The fraction of sp³-hybridized carbons (Fsp3) is 0.200. The second-order valence-corrected chi connectivity index (χ2v) is 3.50. The van der Waals surface area contributed by atoms with E-state index < -0.39 is 0 Å². The summed E-state index contributed by atoms with van der Waals surface area (Å²) in [6.45, 7) is 0.555. The molecule has 0 saturated heterocycles. The fourth-order valence-electron chi connectivity index (χ4n) is 1.35. The quantitative estimate of drug-likeness (QED) is 0.830. The summed E-state index contributed by atoms with van der Waals surface area (Å²) in [5.74, 6) is 0.814. The van der Waals surface area contributed by atoms with Crippen LogP contribution in [0.15, 0.2) is 24.5 Å². The highest BCUT2D eigenvalue weighted by Gasteiger charge is 2.09. The first-order valence-corrected chi connectivity index (χ1v) is 5.04. The summed E-state index contributed by atoms with van der Waals surface area (Å²) in [5, 5.41) is 0.546. The van der Waals surface area contributed by atoms with E-state index in [0.717, 1.165) is 17.1 Å². The number of halogens is 1. The van der Waals surface area contributed by atoms with Crippen LogP contribution < -0.4 is 5.73 Å². The van der Waals surface area contributed by atoms with E-state index in [0.29, 0.717) is 18.1 Å². The molecule has 2 aromatic heterocycles. The van der Waals surface area contributed by atoms with Gasteiger partial charge < -0.3 is 10.7 Å². The molecule has 3 N–H and O–H groups in total. The Morgan fingerprint density at radius 1 is 1.33 bits per heavy atom. The Balaban J connectivity index is 2.36. The van der Waals surface area contributed by atoms with Gasteiger partial charge in [-0.05, 0) is 18.7 Å². The maximum Gasteiger partial charge on any atom is 0.134 e. The monoisotopic (exact) mass is 222 g/mol. The van der Waals surface area contributed by atoms with Gasteiger partial charge in [0.05, 0.1) is 0 Å². The average Bonchev–Trinajstić information content (AvgIpc) is 2.61. The van der Waals surface area contributed by atoms with Crippen molar-refractivity contribution >= 4 is 11.6 Å². The van der Waals surface area contributed by atoms with Crippen molar-refractivity contribution in [3.63, 3.8) is 0 Å². The minimum absolute atomic E-state index is 0.546. The van der Waals surface area contributed by atoms with Gasteiger partial charge in [0.25, 0.3) is 0 Å². The van der Waals surface area contributed by atoms with Crippen LogP contribution in [0.3, 0.4) is 0 Å². The van der Waals surface area contributed by atoms with E-state index in [2.05, 4.69) is 15.0 Å². The van der Waals surface area contributed by atoms with Crippen LogP contribution in [0.1, 0.15) is 5.82 Å². The number of H-pyrrole nitrogens is 1. The summed E-state index contributed by atoms with van der Waals surface area (Å²) in [6, 6.07) is 3.74. The van der Waals surface area contributed by atoms with Crippen molar-refractivity contribution in [2.75, 3.05) is 6.54 Å². The minimum atomic E-state index is 0.546. The number of pyridine rings is 1. The van der Waals surface area contributed by atoms with Gasteiger partial charge in [-0.3, -0.25) is 4.98 Å². The number of hydrogen-bond donors (Lipinski definition) is 2. The Labute approximate surface area is 92.5 Å². The summed E-state index contributed by atoms with van der Waals surface area (Å²) in [7, 11) is 0. The van der Waals surface area contributed by atoms with Crippen molar-refractivity contribution in [1.29, 1.82) is 0 Å². The zero-order valence-corrected chi connectivity index (χ0v) is 8.83. The number of nitrogens with one attached hydrogen (secondary N) is 1. The molecule has 15 heavy (non-hydrogen) atoms. The molecule has 0 radical (unpaired) electrons. The van der Waals surface area contributed by atoms with Gasteiger partial charge in [0.2, 0.25) is 0 Å². The van der Waals surface area contributed by atoms with E-state index in [1.54, 1.807) is 12.4 Å². The predicted molar refractivity (Wildman–Crippen MR) is 59.6 cm³/mol. The average molecular weight is 223 g/mol. The third-order valence-corrected chi connectivity index (χ3v) is 2.32. The van der Waals surface area contributed by atoms with Crippen molar-refractivity contribution in [2.45, 2.75) is 6.42 Å². The number of imidazole rings is 1. The number of rotatable bonds is 3. The molecule has 0 aliphatic rings. The Kier molecular flexibility index (Phi) is 2.99. The van der Waals surface area contributed by atoms with Crippen LogP contribution in [-0.2, 0) is 6.42 Å². The maximum atomic E-state index is 6.04. The highest BCUT2D eigenvalue weighted by molar-refractivity contribution is 6.31. The van der Waals surface area contributed by atoms with Crippen molar-refractivity contribution in [3.8, 4) is 11.3 Å². The zero-order valence-electron chi connectivity index (χ0n) is 8.07. The lowest BCUT2D eigenvalue weighted by Gasteiger charge is -1.94. The Hall–Kier alpha value is -1.39. The van der Waals surface area contributed by atoms with Gasteiger partial charge in [-0.25, -0.2) is 4.98 Å². The van der Waals surface area contributed by atoms with Crippen LogP contribution in [0, 0.1) is 0 Å². The molecule has 4 nitrogen and oxygen atoms in total. The number of nitrogens with two attached hydrogens (primary N) is 1. The molecule has 2 rings (SSSR count). The van der Waals surface area contributed by atoms with Crippen LogP contribution in [0.25, 0.3) is 11.3 Å². The molecule has 0 aromatic carbocycles. The van der Waals surface area contributed by atoms with E-state index in [-0.39, 0.29) is 0 Å². The number of aromatic nitrogens is 3. The second-order valence-electron chi connectivity index (χ2n) is 3.12. The van der Waals surface area contributed by atoms with Gasteiger partial charge in [-0.1, -0.05) is 11.6 Å². The van der Waals surface area contributed by atoms with Gasteiger partial charge in [-0.2, -0.15) is 0 Å². The van der Waals surface area contributed by atoms with Gasteiger partial charge >= 0.3 is 0 Å². The lowest BCUT2D eigenvalue weighted by Crippen LogP contribution is -2.03. The maximum absolute atomic E-state index is 6.04. The topological polar surface area (TPSA) is 67.6 Å². The normalized spacial score (nSPS) is 10.5. The Morgan fingerprint density at radius 2 is 2.07 bits per heavy atom. The first kappa shape index (κ1) is 10.1. The van der Waals surface area contributed by atoms with Crippen molar-refractivity contribution in [1.82, 2.24) is 15.0 Å². The molecule has 2 aromatic rings. The van der Waals surface area contributed by atoms with Gasteiger partial charge in [0.1, 0.15) is 16.7 Å². The smallest absolute Gasteiger partial charge is 0.134 e. The van der Waals surface area contributed by atoms with Gasteiger partial charge in [0.15, 0.2) is 0 Å². The van der Waals surface area contributed by atoms with Crippen molar-refractivity contribution in [3.05, 3.63) is 35.5 Å². The lowest BCUT2D eigenvalue weighted by atomic mass is 10.2. The molecular weight excluding hydrogens is 212 g/mol. The first-order valence-electron chi connectivity index (χ1n) is 4.66. The first-order chi connectivity index (χ1) is 7.31. The molecule has 0 spiro atoms. The fourth-order valence-corrected chi connectivity index (χ4v) is 1.61.